The maximum Gasteiger partial charge on any atom is 0.324 e. The van der Waals surface area contributed by atoms with Gasteiger partial charge in [-0.15, -0.1) is 0 Å². The Bertz CT molecular complexity index is 1180. The number of urea groups is 1. The topological polar surface area (TPSA) is 175 Å². The molecule has 2 amide bonds. The summed E-state index contributed by atoms with van der Waals surface area (Å²) in [7, 11) is 2.61. The van der Waals surface area contributed by atoms with Gasteiger partial charge < -0.3 is 10.2 Å². The highest BCUT2D eigenvalue weighted by Gasteiger charge is 2.72. The summed E-state index contributed by atoms with van der Waals surface area (Å²) in [5.74, 6) is 0. The van der Waals surface area contributed by atoms with Gasteiger partial charge in [-0.1, -0.05) is 24.3 Å². The summed E-state index contributed by atoms with van der Waals surface area (Å²) in [4.78, 5) is 35.1. The Morgan fingerprint density at radius 2 is 1.65 bits per heavy atom. The number of nitrogens with zero attached hydrogens (tertiary/aromatic N) is 5. The molecule has 2 aromatic rings. The van der Waals surface area contributed by atoms with Crippen molar-refractivity contribution in [1.29, 1.82) is 0 Å². The van der Waals surface area contributed by atoms with E-state index in [-0.39, 0.29) is 17.0 Å². The molecule has 31 heavy (non-hydrogen) atoms. The van der Waals surface area contributed by atoms with Crippen molar-refractivity contribution in [2.45, 2.75) is 11.4 Å². The number of hydrogen-bond donors (Lipinski definition) is 3. The van der Waals surface area contributed by atoms with Gasteiger partial charge in [0.2, 0.25) is 11.4 Å². The lowest BCUT2D eigenvalue weighted by Gasteiger charge is -2.35. The Morgan fingerprint density at radius 1 is 1.00 bits per heavy atom. The third kappa shape index (κ3) is 2.44. The van der Waals surface area contributed by atoms with Gasteiger partial charge in [-0.2, -0.15) is 5.10 Å². The number of fused-ring (bicyclic) bond motifs is 3. The average Bonchev–Trinajstić information content (AvgIpc) is 3.02. The van der Waals surface area contributed by atoms with Crippen LogP contribution in [0.3, 0.4) is 0 Å². The van der Waals surface area contributed by atoms with Gasteiger partial charge in [0.15, 0.2) is 0 Å². The standard InChI is InChI=1S/C18H16N6O7/c1-21-16(25)22(2)18(27)15(11-5-3-4-6-12(11)17(18,21)26)20-19-13-8-7-10(23(28)29)9-14(13)24(30)31/h3-9,19,26-27H,1-2H3/b20-15-/t17-,18+/m1/s1. The first-order valence-electron chi connectivity index (χ1n) is 8.88. The summed E-state index contributed by atoms with van der Waals surface area (Å²) in [5, 5.41) is 49.2. The Morgan fingerprint density at radius 3 is 2.29 bits per heavy atom. The van der Waals surface area contributed by atoms with Crippen LogP contribution in [0.2, 0.25) is 0 Å². The van der Waals surface area contributed by atoms with Gasteiger partial charge in [0, 0.05) is 31.3 Å². The van der Waals surface area contributed by atoms with Crippen LogP contribution in [0.25, 0.3) is 0 Å². The fraction of sp³-hybridized carbons (Fsp3) is 0.222. The SMILES string of the molecule is CN1C(=O)N(C)[C@@]2(O)c3ccccc3/C(=N/Nc3ccc([N+](=O)[O-])cc3[N+](=O)[O-])[C@@]12O. The van der Waals surface area contributed by atoms with Crippen molar-refractivity contribution in [2.24, 2.45) is 5.10 Å². The van der Waals surface area contributed by atoms with Gasteiger partial charge in [-0.05, 0) is 6.07 Å². The molecule has 0 unspecified atom stereocenters. The molecule has 4 rings (SSSR count). The number of non-ortho nitro benzene ring substituents is 1. The first-order chi connectivity index (χ1) is 14.5. The van der Waals surface area contributed by atoms with Gasteiger partial charge >= 0.3 is 11.7 Å². The zero-order valence-corrected chi connectivity index (χ0v) is 16.2. The minimum absolute atomic E-state index is 0.154. The molecule has 2 aromatic carbocycles. The molecule has 0 spiro atoms. The average molecular weight is 428 g/mol. The van der Waals surface area contributed by atoms with Crippen LogP contribution in [0.1, 0.15) is 11.1 Å². The third-order valence-corrected chi connectivity index (χ3v) is 5.60. The van der Waals surface area contributed by atoms with Gasteiger partial charge in [-0.3, -0.25) is 35.5 Å². The molecule has 0 bridgehead atoms. The van der Waals surface area contributed by atoms with E-state index in [0.29, 0.717) is 5.56 Å². The lowest BCUT2D eigenvalue weighted by atomic mass is 9.99. The molecule has 0 aromatic heterocycles. The van der Waals surface area contributed by atoms with Crippen LogP contribution in [-0.4, -0.2) is 61.4 Å². The molecule has 1 saturated heterocycles. The van der Waals surface area contributed by atoms with Crippen LogP contribution in [-0.2, 0) is 5.72 Å². The lowest BCUT2D eigenvalue weighted by Crippen LogP contribution is -2.59. The van der Waals surface area contributed by atoms with Crippen molar-refractivity contribution in [3.05, 3.63) is 73.8 Å². The van der Waals surface area contributed by atoms with Gasteiger partial charge in [0.25, 0.3) is 5.69 Å². The third-order valence-electron chi connectivity index (χ3n) is 5.60. The molecule has 1 heterocycles. The smallest absolute Gasteiger partial charge is 0.324 e. The van der Waals surface area contributed by atoms with Crippen molar-refractivity contribution in [3.63, 3.8) is 0 Å². The molecule has 3 N–H and O–H groups in total. The lowest BCUT2D eigenvalue weighted by molar-refractivity contribution is -0.393. The predicted molar refractivity (Wildman–Crippen MR) is 106 cm³/mol. The van der Waals surface area contributed by atoms with Crippen LogP contribution >= 0.6 is 0 Å². The number of nitro groups is 2. The molecule has 0 saturated carbocycles. The van der Waals surface area contributed by atoms with Crippen LogP contribution in [0.5, 0.6) is 0 Å². The second-order valence-electron chi connectivity index (χ2n) is 7.08. The molecule has 160 valence electrons. The maximum absolute atomic E-state index is 12.5. The number of likely N-dealkylation sites (N-methyl/N-ethyl adjacent to an activating group) is 2. The van der Waals surface area contributed by atoms with Gasteiger partial charge in [0.1, 0.15) is 11.4 Å². The summed E-state index contributed by atoms with van der Waals surface area (Å²) in [6.45, 7) is 0. The molecule has 1 aliphatic heterocycles. The van der Waals surface area contributed by atoms with E-state index in [0.717, 1.165) is 28.0 Å². The molecule has 2 atom stereocenters. The number of benzene rings is 2. The Balaban J connectivity index is 1.86. The Labute approximate surface area is 174 Å². The normalized spacial score (nSPS) is 25.5. The molecule has 13 nitrogen and oxygen atoms in total. The number of aliphatic hydroxyl groups is 2. The van der Waals surface area contributed by atoms with Crippen LogP contribution in [0, 0.1) is 20.2 Å². The zero-order chi connectivity index (χ0) is 22.7. The van der Waals surface area contributed by atoms with Crippen molar-refractivity contribution >= 4 is 28.8 Å². The van der Waals surface area contributed by atoms with E-state index in [4.69, 9.17) is 0 Å². The predicted octanol–water partition coefficient (Wildman–Crippen LogP) is 1.16. The molecular weight excluding hydrogens is 412 g/mol. The molecule has 2 aliphatic rings. The van der Waals surface area contributed by atoms with E-state index in [1.54, 1.807) is 18.2 Å². The Kier molecular flexibility index (Phi) is 4.20. The largest absolute Gasteiger partial charge is 0.363 e. The number of carbonyl (C=O) groups excluding carboxylic acids is 1. The first-order valence-corrected chi connectivity index (χ1v) is 8.88. The van der Waals surface area contributed by atoms with Crippen LogP contribution < -0.4 is 5.43 Å². The molecular formula is C18H16N6O7. The minimum Gasteiger partial charge on any atom is -0.363 e. The molecule has 0 radical (unpaired) electrons. The molecule has 1 fully saturated rings. The second-order valence-corrected chi connectivity index (χ2v) is 7.08. The van der Waals surface area contributed by atoms with E-state index in [1.807, 2.05) is 0 Å². The zero-order valence-electron chi connectivity index (χ0n) is 16.2. The number of amides is 2. The number of hydrazone groups is 1. The summed E-state index contributed by atoms with van der Waals surface area (Å²) in [6.07, 6.45) is 0. The van der Waals surface area contributed by atoms with E-state index in [1.165, 1.54) is 20.2 Å². The first kappa shape index (κ1) is 20.2. The highest BCUT2D eigenvalue weighted by atomic mass is 16.6. The number of nitrogens with one attached hydrogen (secondary N) is 1. The van der Waals surface area contributed by atoms with Gasteiger partial charge in [-0.25, -0.2) is 4.79 Å². The summed E-state index contributed by atoms with van der Waals surface area (Å²) in [6, 6.07) is 8.61. The van der Waals surface area contributed by atoms with Gasteiger partial charge in [0.05, 0.1) is 15.9 Å². The fourth-order valence-corrected chi connectivity index (χ4v) is 3.98. The van der Waals surface area contributed by atoms with Crippen molar-refractivity contribution in [1.82, 2.24) is 9.80 Å². The number of carbonyl (C=O) groups is 1. The Hall–Kier alpha value is -4.10. The molecule has 1 aliphatic carbocycles. The quantitative estimate of drug-likeness (QED) is 0.480. The summed E-state index contributed by atoms with van der Waals surface area (Å²) in [5.41, 5.74) is -2.90. The van der Waals surface area contributed by atoms with E-state index in [9.17, 15) is 35.2 Å². The highest BCUT2D eigenvalue weighted by molar-refractivity contribution is 6.15. The van der Waals surface area contributed by atoms with Crippen LogP contribution in [0.4, 0.5) is 21.9 Å². The fourth-order valence-electron chi connectivity index (χ4n) is 3.98. The summed E-state index contributed by atoms with van der Waals surface area (Å²) >= 11 is 0. The van der Waals surface area contributed by atoms with Crippen molar-refractivity contribution in [3.8, 4) is 0 Å². The van der Waals surface area contributed by atoms with Crippen LogP contribution in [0.15, 0.2) is 47.6 Å². The van der Waals surface area contributed by atoms with E-state index < -0.39 is 38.7 Å². The summed E-state index contributed by atoms with van der Waals surface area (Å²) < 4.78 is 0. The van der Waals surface area contributed by atoms with Crippen molar-refractivity contribution in [2.75, 3.05) is 19.5 Å². The second kappa shape index (κ2) is 6.45. The number of hydrogen-bond acceptors (Lipinski definition) is 9. The maximum atomic E-state index is 12.5. The monoisotopic (exact) mass is 428 g/mol. The number of anilines is 1. The van der Waals surface area contributed by atoms with E-state index >= 15 is 0 Å². The minimum atomic E-state index is -2.30. The molecule has 13 heteroatoms. The van der Waals surface area contributed by atoms with E-state index in [2.05, 4.69) is 10.5 Å². The highest BCUT2D eigenvalue weighted by Crippen LogP contribution is 2.52. The number of nitro benzene ring substituents is 2. The van der Waals surface area contributed by atoms with Crippen molar-refractivity contribution < 1.29 is 24.9 Å². The number of rotatable bonds is 4.